The lowest BCUT2D eigenvalue weighted by molar-refractivity contribution is 0.194. The maximum Gasteiger partial charge on any atom is 0.154 e. The first-order chi connectivity index (χ1) is 14.9. The summed E-state index contributed by atoms with van der Waals surface area (Å²) in [4.78, 5) is 6.64. The quantitative estimate of drug-likeness (QED) is 0.405. The normalized spacial score (nSPS) is 14.0. The van der Waals surface area contributed by atoms with E-state index >= 15 is 0 Å². The second-order valence-electron chi connectivity index (χ2n) is 7.84. The Kier molecular flexibility index (Phi) is 7.59. The van der Waals surface area contributed by atoms with E-state index in [-0.39, 0.29) is 0 Å². The van der Waals surface area contributed by atoms with Crippen LogP contribution in [0.1, 0.15) is 16.9 Å². The van der Waals surface area contributed by atoms with E-state index in [9.17, 15) is 0 Å². The van der Waals surface area contributed by atoms with Crippen molar-refractivity contribution < 1.29 is 4.42 Å². The summed E-state index contributed by atoms with van der Waals surface area (Å²) < 4.78 is 5.43. The van der Waals surface area contributed by atoms with Crippen LogP contribution in [0.5, 0.6) is 0 Å². The van der Waals surface area contributed by atoms with Crippen LogP contribution in [0, 0.1) is 6.92 Å². The molecule has 0 saturated carbocycles. The van der Waals surface area contributed by atoms with Crippen molar-refractivity contribution in [2.75, 3.05) is 33.2 Å². The van der Waals surface area contributed by atoms with Crippen LogP contribution in [0.2, 0.25) is 0 Å². The summed E-state index contributed by atoms with van der Waals surface area (Å²) in [6.45, 7) is 18.7. The Morgan fingerprint density at radius 3 is 2.35 bits per heavy atom. The Labute approximate surface area is 188 Å². The van der Waals surface area contributed by atoms with Crippen molar-refractivity contribution in [3.05, 3.63) is 109 Å². The van der Waals surface area contributed by atoms with Gasteiger partial charge in [-0.25, -0.2) is 0 Å². The predicted octanol–water partition coefficient (Wildman–Crippen LogP) is 5.10. The molecule has 4 nitrogen and oxygen atoms in total. The lowest BCUT2D eigenvalue weighted by Crippen LogP contribution is -2.45. The van der Waals surface area contributed by atoms with Gasteiger partial charge in [-0.2, -0.15) is 0 Å². The largest absolute Gasteiger partial charge is 0.462 e. The average Bonchev–Trinajstić information content (AvgIpc) is 3.32. The number of nitrogens with zero attached hydrogens (tertiary/aromatic N) is 3. The number of allylic oxidation sites excluding steroid dienone is 3. The van der Waals surface area contributed by atoms with Crippen molar-refractivity contribution in [1.82, 2.24) is 14.7 Å². The minimum absolute atomic E-state index is 0.759. The lowest BCUT2D eigenvalue weighted by Gasteiger charge is -2.38. The zero-order chi connectivity index (χ0) is 22.4. The number of furan rings is 1. The molecule has 0 radical (unpaired) electrons. The molecule has 1 aliphatic heterocycles. The molecule has 162 valence electrons. The van der Waals surface area contributed by atoms with E-state index in [0.717, 1.165) is 55.2 Å². The van der Waals surface area contributed by atoms with Gasteiger partial charge in [0, 0.05) is 56.7 Å². The maximum absolute atomic E-state index is 5.43. The highest BCUT2D eigenvalue weighted by atomic mass is 31.0. The van der Waals surface area contributed by atoms with Gasteiger partial charge >= 0.3 is 0 Å². The van der Waals surface area contributed by atoms with Crippen molar-refractivity contribution in [2.24, 2.45) is 0 Å². The van der Waals surface area contributed by atoms with Crippen molar-refractivity contribution in [1.29, 1.82) is 0 Å². The molecule has 0 spiro atoms. The molecule has 0 amide bonds. The highest BCUT2D eigenvalue weighted by Crippen LogP contribution is 2.19. The topological polar surface area (TPSA) is 22.9 Å². The zero-order valence-electron chi connectivity index (χ0n) is 18.6. The van der Waals surface area contributed by atoms with Crippen LogP contribution in [0.25, 0.3) is 0 Å². The Balaban J connectivity index is 1.48. The maximum atomic E-state index is 5.43. The molecule has 1 aliphatic rings. The fraction of sp³-hybridized carbons (Fsp3) is 0.269. The van der Waals surface area contributed by atoms with Crippen LogP contribution < -0.4 is 0 Å². The van der Waals surface area contributed by atoms with Crippen LogP contribution in [0.15, 0.2) is 96.1 Å². The fourth-order valence-corrected chi connectivity index (χ4v) is 3.87. The number of rotatable bonds is 9. The molecule has 1 fully saturated rings. The highest BCUT2D eigenvalue weighted by molar-refractivity contribution is 7.21. The molecule has 0 aliphatic carbocycles. The third kappa shape index (κ3) is 5.80. The first kappa shape index (κ1) is 22.7. The van der Waals surface area contributed by atoms with Crippen LogP contribution in [0.3, 0.4) is 0 Å². The van der Waals surface area contributed by atoms with Crippen LogP contribution in [-0.2, 0) is 6.42 Å². The van der Waals surface area contributed by atoms with E-state index in [1.165, 1.54) is 16.8 Å². The predicted molar refractivity (Wildman–Crippen MR) is 133 cm³/mol. The van der Waals surface area contributed by atoms with E-state index in [0.29, 0.717) is 0 Å². The van der Waals surface area contributed by atoms with Gasteiger partial charge in [0.15, 0.2) is 5.76 Å². The van der Waals surface area contributed by atoms with Gasteiger partial charge in [-0.05, 0) is 42.3 Å². The van der Waals surface area contributed by atoms with Crippen LogP contribution in [0.4, 0.5) is 0 Å². The van der Waals surface area contributed by atoms with E-state index in [1.54, 1.807) is 6.26 Å². The SMILES string of the molecule is C=C(/C=C\C(=C)N(C)C(=P)c1ccco1)N1CCN(C(=C)Cc2ccccc2C)CC1. The van der Waals surface area contributed by atoms with Gasteiger partial charge in [-0.1, -0.05) is 52.9 Å². The zero-order valence-corrected chi connectivity index (χ0v) is 19.6. The Bertz CT molecular complexity index is 982. The second-order valence-corrected chi connectivity index (χ2v) is 8.32. The van der Waals surface area contributed by atoms with Crippen LogP contribution >= 0.6 is 8.86 Å². The van der Waals surface area contributed by atoms with Gasteiger partial charge in [0.2, 0.25) is 0 Å². The van der Waals surface area contributed by atoms with Gasteiger partial charge < -0.3 is 19.1 Å². The number of benzene rings is 1. The molecule has 1 aromatic carbocycles. The molecule has 0 N–H and O–H groups in total. The molecule has 1 saturated heterocycles. The molecule has 5 heteroatoms. The van der Waals surface area contributed by atoms with E-state index < -0.39 is 0 Å². The summed E-state index contributed by atoms with van der Waals surface area (Å²) in [5.74, 6) is 0.759. The van der Waals surface area contributed by atoms with E-state index in [1.807, 2.05) is 36.2 Å². The molecule has 31 heavy (non-hydrogen) atoms. The first-order valence-corrected chi connectivity index (χ1v) is 11.0. The Hall–Kier alpha value is -2.97. The summed E-state index contributed by atoms with van der Waals surface area (Å²) >= 11 is 0. The van der Waals surface area contributed by atoms with Gasteiger partial charge in [0.05, 0.1) is 6.26 Å². The lowest BCUT2D eigenvalue weighted by atomic mass is 10.0. The summed E-state index contributed by atoms with van der Waals surface area (Å²) in [5, 5.41) is 0. The highest BCUT2D eigenvalue weighted by Gasteiger charge is 2.18. The molecule has 0 atom stereocenters. The van der Waals surface area contributed by atoms with E-state index in [2.05, 4.69) is 69.6 Å². The molecule has 0 bridgehead atoms. The summed E-state index contributed by atoms with van der Waals surface area (Å²) in [6, 6.07) is 12.3. The second kappa shape index (κ2) is 10.4. The minimum atomic E-state index is 0.759. The third-order valence-electron chi connectivity index (χ3n) is 5.78. The molecule has 1 aromatic heterocycles. The summed E-state index contributed by atoms with van der Waals surface area (Å²) in [7, 11) is 5.57. The summed E-state index contributed by atoms with van der Waals surface area (Å²) in [5.41, 5.74) is 6.51. The fourth-order valence-electron chi connectivity index (χ4n) is 3.58. The van der Waals surface area contributed by atoms with Crippen LogP contribution in [-0.4, -0.2) is 53.3 Å². The average molecular weight is 434 g/mol. The number of likely N-dealkylation sites (N-methyl/N-ethyl adjacent to an activating group) is 1. The molecular formula is C26H32N3OP. The number of aryl methyl sites for hydroxylation is 1. The Morgan fingerprint density at radius 1 is 1.03 bits per heavy atom. The Morgan fingerprint density at radius 2 is 1.71 bits per heavy atom. The van der Waals surface area contributed by atoms with Gasteiger partial charge in [0.25, 0.3) is 0 Å². The summed E-state index contributed by atoms with van der Waals surface area (Å²) in [6.07, 6.45) is 6.56. The number of piperazine rings is 1. The van der Waals surface area contributed by atoms with Gasteiger partial charge in [0.1, 0.15) is 5.42 Å². The smallest absolute Gasteiger partial charge is 0.154 e. The van der Waals surface area contributed by atoms with Crippen molar-refractivity contribution in [3.63, 3.8) is 0 Å². The monoisotopic (exact) mass is 433 g/mol. The number of hydrogen-bond acceptors (Lipinski definition) is 3. The van der Waals surface area contributed by atoms with Crippen molar-refractivity contribution in [3.8, 4) is 0 Å². The third-order valence-corrected chi connectivity index (χ3v) is 6.36. The van der Waals surface area contributed by atoms with Crippen molar-refractivity contribution >= 4 is 14.3 Å². The van der Waals surface area contributed by atoms with E-state index in [4.69, 9.17) is 4.42 Å². The molecule has 2 aromatic rings. The van der Waals surface area contributed by atoms with Gasteiger partial charge in [-0.15, -0.1) is 0 Å². The standard InChI is InChI=1S/C26H32N3OP/c1-20-9-6-7-10-24(20)19-23(4)29-16-14-28(15-17-29)22(3)13-12-21(2)27(5)26(31)25-11-8-18-30-25/h6-13,18,31H,2-4,14-17,19H2,1,5H3/b13-12-. The minimum Gasteiger partial charge on any atom is -0.462 e. The first-order valence-electron chi connectivity index (χ1n) is 10.5. The molecular weight excluding hydrogens is 401 g/mol. The molecule has 0 unspecified atom stereocenters. The van der Waals surface area contributed by atoms with Gasteiger partial charge in [-0.3, -0.25) is 0 Å². The number of hydrogen-bond donors (Lipinski definition) is 0. The molecule has 3 rings (SSSR count). The van der Waals surface area contributed by atoms with Crippen molar-refractivity contribution in [2.45, 2.75) is 13.3 Å². The molecule has 2 heterocycles.